The van der Waals surface area contributed by atoms with Crippen LogP contribution in [0.15, 0.2) is 12.2 Å². The van der Waals surface area contributed by atoms with Crippen LogP contribution in [0.3, 0.4) is 0 Å². The van der Waals surface area contributed by atoms with Crippen molar-refractivity contribution in [3.05, 3.63) is 12.2 Å². The number of methoxy groups -OCH3 is 2. The molecule has 0 saturated heterocycles. The number of aliphatic hydroxyl groups is 1. The largest absolute Gasteiger partial charge is 0.464 e. The molecule has 5 heteroatoms. The van der Waals surface area contributed by atoms with Crippen LogP contribution in [0.5, 0.6) is 0 Å². The van der Waals surface area contributed by atoms with Crippen molar-refractivity contribution in [3.8, 4) is 0 Å². The van der Waals surface area contributed by atoms with Crippen LogP contribution < -0.4 is 0 Å². The van der Waals surface area contributed by atoms with Gasteiger partial charge in [-0.2, -0.15) is 0 Å². The fourth-order valence-electron chi connectivity index (χ4n) is 0.756. The number of ether oxygens (including phenoxy) is 3. The fraction of sp³-hybridized carbons (Fsp3) is 0.667. The summed E-state index contributed by atoms with van der Waals surface area (Å²) >= 11 is 0. The van der Waals surface area contributed by atoms with Crippen molar-refractivity contribution < 1.29 is 24.1 Å². The summed E-state index contributed by atoms with van der Waals surface area (Å²) in [5.74, 6) is -0.685. The maximum atomic E-state index is 10.9. The summed E-state index contributed by atoms with van der Waals surface area (Å²) in [5.41, 5.74) is 0. The average molecular weight is 204 g/mol. The topological polar surface area (TPSA) is 65.0 Å². The zero-order valence-electron chi connectivity index (χ0n) is 8.60. The number of hydrogen-bond acceptors (Lipinski definition) is 5. The zero-order chi connectivity index (χ0) is 11.0. The summed E-state index contributed by atoms with van der Waals surface area (Å²) in [6.45, 7) is 1.91. The van der Waals surface area contributed by atoms with E-state index >= 15 is 0 Å². The molecule has 1 N–H and O–H groups in total. The maximum Gasteiger partial charge on any atom is 0.338 e. The lowest BCUT2D eigenvalue weighted by Crippen LogP contribution is -2.21. The second-order valence-corrected chi connectivity index (χ2v) is 2.42. The number of aliphatic hydroxyl groups excluding tert-OH is 1. The molecule has 0 heterocycles. The SMILES string of the molecule is CCOC(=O)C(O)C=CC(OC)OC. The molecular formula is C9H16O5. The Morgan fingerprint density at radius 3 is 2.36 bits per heavy atom. The van der Waals surface area contributed by atoms with Gasteiger partial charge in [0, 0.05) is 14.2 Å². The second kappa shape index (κ2) is 7.49. The van der Waals surface area contributed by atoms with Crippen LogP contribution in [0.2, 0.25) is 0 Å². The van der Waals surface area contributed by atoms with E-state index in [1.54, 1.807) is 6.92 Å². The van der Waals surface area contributed by atoms with E-state index in [2.05, 4.69) is 4.74 Å². The molecule has 0 rings (SSSR count). The first-order valence-electron chi connectivity index (χ1n) is 4.24. The molecule has 0 aromatic rings. The molecule has 0 radical (unpaired) electrons. The summed E-state index contributed by atoms with van der Waals surface area (Å²) in [7, 11) is 2.91. The fourth-order valence-corrected chi connectivity index (χ4v) is 0.756. The first-order chi connectivity index (χ1) is 6.65. The number of hydrogen-bond donors (Lipinski definition) is 1. The molecule has 82 valence electrons. The summed E-state index contributed by atoms with van der Waals surface area (Å²) < 4.78 is 14.2. The van der Waals surface area contributed by atoms with Crippen LogP contribution >= 0.6 is 0 Å². The van der Waals surface area contributed by atoms with E-state index < -0.39 is 18.4 Å². The molecule has 0 amide bonds. The molecule has 1 atom stereocenters. The first kappa shape index (κ1) is 13.1. The van der Waals surface area contributed by atoms with Crippen molar-refractivity contribution in [3.63, 3.8) is 0 Å². The van der Waals surface area contributed by atoms with Gasteiger partial charge in [0.1, 0.15) is 0 Å². The standard InChI is InChI=1S/C9H16O5/c1-4-14-9(11)7(10)5-6-8(12-2)13-3/h5-8,10H,4H2,1-3H3. The Kier molecular flexibility index (Phi) is 7.00. The predicted molar refractivity (Wildman–Crippen MR) is 49.6 cm³/mol. The third-order valence-corrected chi connectivity index (χ3v) is 1.44. The highest BCUT2D eigenvalue weighted by Crippen LogP contribution is 1.97. The van der Waals surface area contributed by atoms with Crippen molar-refractivity contribution in [1.82, 2.24) is 0 Å². The number of esters is 1. The smallest absolute Gasteiger partial charge is 0.338 e. The van der Waals surface area contributed by atoms with E-state index in [4.69, 9.17) is 9.47 Å². The van der Waals surface area contributed by atoms with Crippen molar-refractivity contribution in [2.45, 2.75) is 19.3 Å². The molecule has 0 fully saturated rings. The van der Waals surface area contributed by atoms with Gasteiger partial charge in [0.05, 0.1) is 6.61 Å². The average Bonchev–Trinajstić information content (AvgIpc) is 2.19. The summed E-state index contributed by atoms with van der Waals surface area (Å²) in [4.78, 5) is 10.9. The van der Waals surface area contributed by atoms with Gasteiger partial charge in [-0.05, 0) is 19.1 Å². The van der Waals surface area contributed by atoms with Gasteiger partial charge in [0.15, 0.2) is 12.4 Å². The second-order valence-electron chi connectivity index (χ2n) is 2.42. The normalized spacial score (nSPS) is 13.5. The molecule has 14 heavy (non-hydrogen) atoms. The zero-order valence-corrected chi connectivity index (χ0v) is 8.60. The monoisotopic (exact) mass is 204 g/mol. The van der Waals surface area contributed by atoms with Crippen molar-refractivity contribution in [2.75, 3.05) is 20.8 Å². The van der Waals surface area contributed by atoms with Crippen LogP contribution in [-0.2, 0) is 19.0 Å². The van der Waals surface area contributed by atoms with Crippen LogP contribution in [0, 0.1) is 0 Å². The minimum atomic E-state index is -1.28. The molecule has 0 aromatic heterocycles. The first-order valence-corrected chi connectivity index (χ1v) is 4.24. The van der Waals surface area contributed by atoms with E-state index in [-0.39, 0.29) is 6.61 Å². The van der Waals surface area contributed by atoms with Crippen LogP contribution in [0.4, 0.5) is 0 Å². The molecule has 0 spiro atoms. The minimum Gasteiger partial charge on any atom is -0.464 e. The van der Waals surface area contributed by atoms with Gasteiger partial charge in [-0.25, -0.2) is 4.79 Å². The lowest BCUT2D eigenvalue weighted by Gasteiger charge is -2.09. The summed E-state index contributed by atoms with van der Waals surface area (Å²) in [6, 6.07) is 0. The Bertz CT molecular complexity index is 186. The van der Waals surface area contributed by atoms with Crippen molar-refractivity contribution in [1.29, 1.82) is 0 Å². The highest BCUT2D eigenvalue weighted by atomic mass is 16.7. The number of rotatable bonds is 6. The molecule has 0 aliphatic carbocycles. The van der Waals surface area contributed by atoms with Crippen LogP contribution in [0.1, 0.15) is 6.92 Å². The molecule has 5 nitrogen and oxygen atoms in total. The molecule has 1 unspecified atom stereocenters. The Hall–Kier alpha value is -0.910. The van der Waals surface area contributed by atoms with Gasteiger partial charge in [-0.15, -0.1) is 0 Å². The van der Waals surface area contributed by atoms with Crippen LogP contribution in [0.25, 0.3) is 0 Å². The highest BCUT2D eigenvalue weighted by molar-refractivity contribution is 5.76. The van der Waals surface area contributed by atoms with Gasteiger partial charge >= 0.3 is 5.97 Å². The third kappa shape index (κ3) is 4.96. The Morgan fingerprint density at radius 1 is 1.36 bits per heavy atom. The summed E-state index contributed by atoms with van der Waals surface area (Å²) in [5, 5.41) is 9.22. The number of carbonyl (C=O) groups is 1. The molecule has 0 saturated carbocycles. The summed E-state index contributed by atoms with van der Waals surface area (Å²) in [6.07, 6.45) is 0.846. The van der Waals surface area contributed by atoms with E-state index in [1.165, 1.54) is 26.4 Å². The molecule has 0 aliphatic heterocycles. The highest BCUT2D eigenvalue weighted by Gasteiger charge is 2.12. The third-order valence-electron chi connectivity index (χ3n) is 1.44. The van der Waals surface area contributed by atoms with Gasteiger partial charge in [-0.3, -0.25) is 0 Å². The molecule has 0 aliphatic rings. The van der Waals surface area contributed by atoms with Gasteiger partial charge < -0.3 is 19.3 Å². The van der Waals surface area contributed by atoms with E-state index in [0.29, 0.717) is 0 Å². The van der Waals surface area contributed by atoms with Gasteiger partial charge in [0.2, 0.25) is 0 Å². The van der Waals surface area contributed by atoms with Crippen molar-refractivity contribution >= 4 is 5.97 Å². The van der Waals surface area contributed by atoms with E-state index in [1.807, 2.05) is 0 Å². The quantitative estimate of drug-likeness (QED) is 0.377. The molecular weight excluding hydrogens is 188 g/mol. The van der Waals surface area contributed by atoms with Gasteiger partial charge in [-0.1, -0.05) is 0 Å². The Balaban J connectivity index is 4.02. The lowest BCUT2D eigenvalue weighted by molar-refractivity contribution is -0.150. The van der Waals surface area contributed by atoms with E-state index in [9.17, 15) is 9.90 Å². The number of carbonyl (C=O) groups excluding carboxylic acids is 1. The Morgan fingerprint density at radius 2 is 1.93 bits per heavy atom. The minimum absolute atomic E-state index is 0.238. The predicted octanol–water partition coefficient (Wildman–Crippen LogP) is 0.0855. The molecule has 0 bridgehead atoms. The Labute approximate surface area is 83.3 Å². The van der Waals surface area contributed by atoms with Gasteiger partial charge in [0.25, 0.3) is 0 Å². The van der Waals surface area contributed by atoms with E-state index in [0.717, 1.165) is 0 Å². The van der Waals surface area contributed by atoms with Crippen molar-refractivity contribution in [2.24, 2.45) is 0 Å². The van der Waals surface area contributed by atoms with Crippen LogP contribution in [-0.4, -0.2) is 44.3 Å². The molecule has 0 aromatic carbocycles. The maximum absolute atomic E-state index is 10.9. The lowest BCUT2D eigenvalue weighted by atomic mass is 10.3.